The van der Waals surface area contributed by atoms with Gasteiger partial charge in [0.2, 0.25) is 0 Å². The molecule has 8 heteroatoms. The summed E-state index contributed by atoms with van der Waals surface area (Å²) in [5, 5.41) is 4.76. The number of benzene rings is 1. The van der Waals surface area contributed by atoms with Gasteiger partial charge in [-0.15, -0.1) is 0 Å². The first kappa shape index (κ1) is 24.4. The zero-order valence-corrected chi connectivity index (χ0v) is 21.9. The lowest BCUT2D eigenvalue weighted by Crippen LogP contribution is -2.58. The first-order valence-corrected chi connectivity index (χ1v) is 12.2. The van der Waals surface area contributed by atoms with Crippen LogP contribution in [0, 0.1) is 0 Å². The second-order valence-corrected chi connectivity index (χ2v) is 10.8. The summed E-state index contributed by atoms with van der Waals surface area (Å²) in [5.41, 5.74) is 2.71. The standard InChI is InChI=1S/C26H31BrN4O3/c1-25(2,3)34-24(32)30-15-20-22(19-11-13-28-14-12-19)23(27)29-31(20)16-21(30)26(4,5)33-17-18-9-7-6-8-10-18/h6-14,21H,15-17H2,1-5H3. The third-order valence-electron chi connectivity index (χ3n) is 5.91. The first-order valence-electron chi connectivity index (χ1n) is 11.4. The van der Waals surface area contributed by atoms with Crippen LogP contribution in [-0.2, 0) is 29.2 Å². The highest BCUT2D eigenvalue weighted by atomic mass is 79.9. The number of amides is 1. The van der Waals surface area contributed by atoms with Crippen molar-refractivity contribution in [3.8, 4) is 11.1 Å². The highest BCUT2D eigenvalue weighted by Gasteiger charge is 2.44. The number of rotatable bonds is 5. The van der Waals surface area contributed by atoms with E-state index in [0.717, 1.165) is 27.0 Å². The minimum Gasteiger partial charge on any atom is -0.444 e. The van der Waals surface area contributed by atoms with Crippen LogP contribution in [0.1, 0.15) is 45.9 Å². The monoisotopic (exact) mass is 526 g/mol. The van der Waals surface area contributed by atoms with Gasteiger partial charge in [-0.1, -0.05) is 30.3 Å². The molecule has 2 aromatic heterocycles. The summed E-state index contributed by atoms with van der Waals surface area (Å²) < 4.78 is 14.9. The van der Waals surface area contributed by atoms with Gasteiger partial charge in [-0.05, 0) is 73.8 Å². The summed E-state index contributed by atoms with van der Waals surface area (Å²) in [5.74, 6) is 0. The number of ether oxygens (including phenoxy) is 2. The lowest BCUT2D eigenvalue weighted by Gasteiger charge is -2.44. The van der Waals surface area contributed by atoms with Crippen LogP contribution in [0.15, 0.2) is 59.5 Å². The maximum atomic E-state index is 13.4. The van der Waals surface area contributed by atoms with Crippen molar-refractivity contribution < 1.29 is 14.3 Å². The lowest BCUT2D eigenvalue weighted by molar-refractivity contribution is -0.102. The summed E-state index contributed by atoms with van der Waals surface area (Å²) in [6.07, 6.45) is 3.14. The first-order chi connectivity index (χ1) is 16.0. The molecule has 3 aromatic rings. The summed E-state index contributed by atoms with van der Waals surface area (Å²) in [4.78, 5) is 19.3. The van der Waals surface area contributed by atoms with Gasteiger partial charge in [0.05, 0.1) is 37.0 Å². The summed E-state index contributed by atoms with van der Waals surface area (Å²) in [6, 6.07) is 13.6. The van der Waals surface area contributed by atoms with Crippen LogP contribution in [0.2, 0.25) is 0 Å². The molecule has 180 valence electrons. The third-order valence-corrected chi connectivity index (χ3v) is 6.47. The van der Waals surface area contributed by atoms with Gasteiger partial charge in [0.15, 0.2) is 0 Å². The van der Waals surface area contributed by atoms with Crippen LogP contribution in [0.4, 0.5) is 4.79 Å². The number of carbonyl (C=O) groups excluding carboxylic acids is 1. The van der Waals surface area contributed by atoms with E-state index in [4.69, 9.17) is 14.6 Å². The molecule has 0 N–H and O–H groups in total. The highest BCUT2D eigenvalue weighted by molar-refractivity contribution is 9.10. The van der Waals surface area contributed by atoms with E-state index in [1.807, 2.05) is 81.8 Å². The van der Waals surface area contributed by atoms with Crippen LogP contribution >= 0.6 is 15.9 Å². The van der Waals surface area contributed by atoms with Crippen molar-refractivity contribution in [3.05, 3.63) is 70.7 Å². The molecule has 1 aromatic carbocycles. The van der Waals surface area contributed by atoms with Crippen molar-refractivity contribution >= 4 is 22.0 Å². The zero-order chi connectivity index (χ0) is 24.5. The zero-order valence-electron chi connectivity index (χ0n) is 20.3. The predicted octanol–water partition coefficient (Wildman–Crippen LogP) is 5.82. The number of nitrogens with zero attached hydrogens (tertiary/aromatic N) is 4. The molecule has 7 nitrogen and oxygen atoms in total. The van der Waals surface area contributed by atoms with E-state index in [2.05, 4.69) is 20.9 Å². The molecule has 0 saturated heterocycles. The molecule has 1 aliphatic heterocycles. The molecule has 0 aliphatic carbocycles. The summed E-state index contributed by atoms with van der Waals surface area (Å²) in [7, 11) is 0. The number of hydrogen-bond donors (Lipinski definition) is 0. The Morgan fingerprint density at radius 2 is 1.76 bits per heavy atom. The van der Waals surface area contributed by atoms with Gasteiger partial charge in [0.25, 0.3) is 0 Å². The average molecular weight is 527 g/mol. The number of fused-ring (bicyclic) bond motifs is 1. The Hall–Kier alpha value is -2.71. The van der Waals surface area contributed by atoms with Crippen LogP contribution in [0.25, 0.3) is 11.1 Å². The van der Waals surface area contributed by atoms with Gasteiger partial charge in [-0.2, -0.15) is 5.10 Å². The minimum atomic E-state index is -0.653. The van der Waals surface area contributed by atoms with Crippen molar-refractivity contribution in [1.82, 2.24) is 19.7 Å². The number of pyridine rings is 1. The smallest absolute Gasteiger partial charge is 0.411 e. The van der Waals surface area contributed by atoms with E-state index in [1.165, 1.54) is 0 Å². The Morgan fingerprint density at radius 1 is 1.09 bits per heavy atom. The molecule has 4 rings (SSSR count). The highest BCUT2D eigenvalue weighted by Crippen LogP contribution is 2.37. The number of aromatic nitrogens is 3. The lowest BCUT2D eigenvalue weighted by atomic mass is 9.94. The van der Waals surface area contributed by atoms with Gasteiger partial charge in [0.1, 0.15) is 10.2 Å². The third kappa shape index (κ3) is 5.33. The van der Waals surface area contributed by atoms with E-state index in [0.29, 0.717) is 19.7 Å². The Kier molecular flexibility index (Phi) is 6.82. The van der Waals surface area contributed by atoms with Gasteiger partial charge in [-0.3, -0.25) is 14.6 Å². The fourth-order valence-electron chi connectivity index (χ4n) is 4.16. The van der Waals surface area contributed by atoms with E-state index in [1.54, 1.807) is 17.3 Å². The van der Waals surface area contributed by atoms with E-state index in [-0.39, 0.29) is 12.1 Å². The molecule has 1 unspecified atom stereocenters. The molecule has 3 heterocycles. The molecule has 0 spiro atoms. The Morgan fingerprint density at radius 3 is 2.41 bits per heavy atom. The normalized spacial score (nSPS) is 16.3. The van der Waals surface area contributed by atoms with E-state index in [9.17, 15) is 4.79 Å². The molecule has 1 aliphatic rings. The number of carbonyl (C=O) groups is 1. The maximum absolute atomic E-state index is 13.4. The SMILES string of the molecule is CC(C)(C)OC(=O)N1Cc2c(-c3ccncc3)c(Br)nn2CC1C(C)(C)OCc1ccccc1. The summed E-state index contributed by atoms with van der Waals surface area (Å²) in [6.45, 7) is 11.0. The van der Waals surface area contributed by atoms with Gasteiger partial charge in [0, 0.05) is 18.0 Å². The van der Waals surface area contributed by atoms with Gasteiger partial charge < -0.3 is 9.47 Å². The second kappa shape index (κ2) is 9.50. The molecule has 34 heavy (non-hydrogen) atoms. The molecule has 0 saturated carbocycles. The molecule has 0 fully saturated rings. The fourth-order valence-corrected chi connectivity index (χ4v) is 4.81. The van der Waals surface area contributed by atoms with Gasteiger partial charge >= 0.3 is 6.09 Å². The van der Waals surface area contributed by atoms with Gasteiger partial charge in [-0.25, -0.2) is 4.79 Å². The predicted molar refractivity (Wildman–Crippen MR) is 134 cm³/mol. The van der Waals surface area contributed by atoms with E-state index >= 15 is 0 Å². The molecular formula is C26H31BrN4O3. The Bertz CT molecular complexity index is 1140. The molecule has 1 amide bonds. The van der Waals surface area contributed by atoms with Crippen LogP contribution < -0.4 is 0 Å². The quantitative estimate of drug-likeness (QED) is 0.418. The maximum Gasteiger partial charge on any atom is 0.411 e. The number of halogens is 1. The van der Waals surface area contributed by atoms with Crippen molar-refractivity contribution in [3.63, 3.8) is 0 Å². The van der Waals surface area contributed by atoms with Crippen LogP contribution in [-0.4, -0.2) is 43.0 Å². The number of hydrogen-bond acceptors (Lipinski definition) is 5. The fraction of sp³-hybridized carbons (Fsp3) is 0.423. The molecule has 0 radical (unpaired) electrons. The van der Waals surface area contributed by atoms with Crippen molar-refractivity contribution in [2.45, 2.75) is 71.6 Å². The Balaban J connectivity index is 1.68. The van der Waals surface area contributed by atoms with Crippen molar-refractivity contribution in [1.29, 1.82) is 0 Å². The van der Waals surface area contributed by atoms with Crippen molar-refractivity contribution in [2.24, 2.45) is 0 Å². The topological polar surface area (TPSA) is 69.5 Å². The second-order valence-electron chi connectivity index (χ2n) is 10.0. The van der Waals surface area contributed by atoms with Crippen molar-refractivity contribution in [2.75, 3.05) is 0 Å². The molecular weight excluding hydrogens is 496 g/mol. The molecule has 1 atom stereocenters. The summed E-state index contributed by atoms with van der Waals surface area (Å²) >= 11 is 3.63. The average Bonchev–Trinajstić information content (AvgIpc) is 3.12. The minimum absolute atomic E-state index is 0.282. The van der Waals surface area contributed by atoms with E-state index < -0.39 is 11.2 Å². The Labute approximate surface area is 209 Å². The van der Waals surface area contributed by atoms with Crippen LogP contribution in [0.3, 0.4) is 0 Å². The largest absolute Gasteiger partial charge is 0.444 e. The molecule has 0 bridgehead atoms. The van der Waals surface area contributed by atoms with Crippen LogP contribution in [0.5, 0.6) is 0 Å².